The van der Waals surface area contributed by atoms with Gasteiger partial charge in [-0.25, -0.2) is 0 Å². The third-order valence-electron chi connectivity index (χ3n) is 2.68. The molecule has 0 radical (unpaired) electrons. The molecular weight excluding hydrogens is 242 g/mol. The minimum atomic E-state index is -0.353. The molecule has 102 valence electrons. The Balaban J connectivity index is 2.06. The SMILES string of the molecule is CCCOCC(N)c1noc(-c2cccc(C)c2)n1. The van der Waals surface area contributed by atoms with Crippen LogP contribution in [0, 0.1) is 6.92 Å². The van der Waals surface area contributed by atoms with E-state index in [1.54, 1.807) is 0 Å². The second-order valence-corrected chi connectivity index (χ2v) is 4.51. The monoisotopic (exact) mass is 261 g/mol. The smallest absolute Gasteiger partial charge is 0.257 e. The van der Waals surface area contributed by atoms with Gasteiger partial charge in [0.1, 0.15) is 0 Å². The van der Waals surface area contributed by atoms with Crippen LogP contribution in [0.3, 0.4) is 0 Å². The molecule has 2 aromatic rings. The van der Waals surface area contributed by atoms with Crippen molar-refractivity contribution < 1.29 is 9.26 Å². The Labute approximate surface area is 112 Å². The molecular formula is C14H19N3O2. The molecule has 0 amide bonds. The lowest BCUT2D eigenvalue weighted by Crippen LogP contribution is -2.18. The number of aromatic nitrogens is 2. The number of benzene rings is 1. The van der Waals surface area contributed by atoms with Gasteiger partial charge in [0.15, 0.2) is 5.82 Å². The zero-order valence-electron chi connectivity index (χ0n) is 11.3. The summed E-state index contributed by atoms with van der Waals surface area (Å²) >= 11 is 0. The predicted octanol–water partition coefficient (Wildman–Crippen LogP) is 2.47. The Kier molecular flexibility index (Phi) is 4.65. The molecule has 2 rings (SSSR count). The summed E-state index contributed by atoms with van der Waals surface area (Å²) in [6.07, 6.45) is 0.966. The summed E-state index contributed by atoms with van der Waals surface area (Å²) in [6, 6.07) is 7.55. The van der Waals surface area contributed by atoms with E-state index in [1.807, 2.05) is 31.2 Å². The van der Waals surface area contributed by atoms with E-state index in [4.69, 9.17) is 15.0 Å². The molecule has 1 atom stereocenters. The molecule has 5 heteroatoms. The normalized spacial score (nSPS) is 12.6. The lowest BCUT2D eigenvalue weighted by Gasteiger charge is -2.06. The first-order valence-corrected chi connectivity index (χ1v) is 6.44. The van der Waals surface area contributed by atoms with Gasteiger partial charge in [0, 0.05) is 12.2 Å². The van der Waals surface area contributed by atoms with Crippen molar-refractivity contribution in [3.05, 3.63) is 35.7 Å². The molecule has 0 aliphatic rings. The van der Waals surface area contributed by atoms with Crippen LogP contribution in [-0.4, -0.2) is 23.4 Å². The van der Waals surface area contributed by atoms with Gasteiger partial charge in [0.2, 0.25) is 0 Å². The quantitative estimate of drug-likeness (QED) is 0.808. The number of hydrogen-bond acceptors (Lipinski definition) is 5. The molecule has 5 nitrogen and oxygen atoms in total. The van der Waals surface area contributed by atoms with E-state index in [1.165, 1.54) is 0 Å². The van der Waals surface area contributed by atoms with Crippen LogP contribution in [0.5, 0.6) is 0 Å². The first-order chi connectivity index (χ1) is 9.20. The Morgan fingerprint density at radius 1 is 1.42 bits per heavy atom. The molecule has 1 aromatic carbocycles. The first kappa shape index (κ1) is 13.7. The Hall–Kier alpha value is -1.72. The first-order valence-electron chi connectivity index (χ1n) is 6.44. The van der Waals surface area contributed by atoms with E-state index >= 15 is 0 Å². The number of hydrogen-bond donors (Lipinski definition) is 1. The van der Waals surface area contributed by atoms with Gasteiger partial charge in [-0.1, -0.05) is 29.8 Å². The van der Waals surface area contributed by atoms with Gasteiger partial charge in [0.25, 0.3) is 5.89 Å². The van der Waals surface area contributed by atoms with Crippen molar-refractivity contribution in [2.45, 2.75) is 26.3 Å². The molecule has 19 heavy (non-hydrogen) atoms. The maximum Gasteiger partial charge on any atom is 0.257 e. The van der Waals surface area contributed by atoms with Gasteiger partial charge in [-0.05, 0) is 25.5 Å². The van der Waals surface area contributed by atoms with Gasteiger partial charge in [-0.15, -0.1) is 0 Å². The van der Waals surface area contributed by atoms with Crippen LogP contribution >= 0.6 is 0 Å². The Morgan fingerprint density at radius 2 is 2.26 bits per heavy atom. The molecule has 0 aliphatic heterocycles. The van der Waals surface area contributed by atoms with Crippen LogP contribution in [0.15, 0.2) is 28.8 Å². The Morgan fingerprint density at radius 3 is 3.00 bits per heavy atom. The summed E-state index contributed by atoms with van der Waals surface area (Å²) in [4.78, 5) is 4.32. The Bertz CT molecular complexity index is 525. The highest BCUT2D eigenvalue weighted by atomic mass is 16.5. The fourth-order valence-corrected chi connectivity index (χ4v) is 1.71. The summed E-state index contributed by atoms with van der Waals surface area (Å²) in [6.45, 7) is 5.16. The average Bonchev–Trinajstić information content (AvgIpc) is 2.88. The summed E-state index contributed by atoms with van der Waals surface area (Å²) in [5.41, 5.74) is 8.00. The molecule has 0 bridgehead atoms. The van der Waals surface area contributed by atoms with Crippen molar-refractivity contribution in [1.82, 2.24) is 10.1 Å². The minimum absolute atomic E-state index is 0.353. The molecule has 1 heterocycles. The maximum absolute atomic E-state index is 5.95. The van der Waals surface area contributed by atoms with Gasteiger partial charge >= 0.3 is 0 Å². The van der Waals surface area contributed by atoms with Gasteiger partial charge in [-0.2, -0.15) is 4.98 Å². The van der Waals surface area contributed by atoms with Crippen molar-refractivity contribution in [1.29, 1.82) is 0 Å². The number of aryl methyl sites for hydroxylation is 1. The molecule has 0 saturated carbocycles. The lowest BCUT2D eigenvalue weighted by atomic mass is 10.1. The second kappa shape index (κ2) is 6.45. The molecule has 1 unspecified atom stereocenters. The fourth-order valence-electron chi connectivity index (χ4n) is 1.71. The van der Waals surface area contributed by atoms with Crippen LogP contribution < -0.4 is 5.73 Å². The van der Waals surface area contributed by atoms with Gasteiger partial charge in [-0.3, -0.25) is 0 Å². The number of ether oxygens (including phenoxy) is 1. The van der Waals surface area contributed by atoms with Crippen LogP contribution in [0.2, 0.25) is 0 Å². The van der Waals surface area contributed by atoms with Crippen LogP contribution in [0.25, 0.3) is 11.5 Å². The maximum atomic E-state index is 5.95. The van der Waals surface area contributed by atoms with E-state index in [0.717, 1.165) is 17.5 Å². The zero-order chi connectivity index (χ0) is 13.7. The minimum Gasteiger partial charge on any atom is -0.379 e. The van der Waals surface area contributed by atoms with E-state index < -0.39 is 0 Å². The van der Waals surface area contributed by atoms with Gasteiger partial charge in [0.05, 0.1) is 12.6 Å². The van der Waals surface area contributed by atoms with Crippen molar-refractivity contribution in [3.8, 4) is 11.5 Å². The van der Waals surface area contributed by atoms with Crippen molar-refractivity contribution in [2.24, 2.45) is 5.73 Å². The molecule has 0 spiro atoms. The van der Waals surface area contributed by atoms with E-state index in [2.05, 4.69) is 17.1 Å². The van der Waals surface area contributed by atoms with Crippen molar-refractivity contribution >= 4 is 0 Å². The van der Waals surface area contributed by atoms with Crippen LogP contribution in [0.1, 0.15) is 30.8 Å². The topological polar surface area (TPSA) is 74.2 Å². The standard InChI is InChI=1S/C14H19N3O2/c1-3-7-18-9-12(15)13-16-14(19-17-13)11-6-4-5-10(2)8-11/h4-6,8,12H,3,7,9,15H2,1-2H3. The lowest BCUT2D eigenvalue weighted by molar-refractivity contribution is 0.119. The van der Waals surface area contributed by atoms with E-state index in [-0.39, 0.29) is 6.04 Å². The molecule has 2 N–H and O–H groups in total. The largest absolute Gasteiger partial charge is 0.379 e. The molecule has 0 saturated heterocycles. The zero-order valence-corrected chi connectivity index (χ0v) is 11.3. The summed E-state index contributed by atoms with van der Waals surface area (Å²) in [7, 11) is 0. The summed E-state index contributed by atoms with van der Waals surface area (Å²) in [5.74, 6) is 0.970. The van der Waals surface area contributed by atoms with E-state index in [0.29, 0.717) is 24.9 Å². The molecule has 0 fully saturated rings. The fraction of sp³-hybridized carbons (Fsp3) is 0.429. The van der Waals surface area contributed by atoms with E-state index in [9.17, 15) is 0 Å². The highest BCUT2D eigenvalue weighted by Crippen LogP contribution is 2.19. The average molecular weight is 261 g/mol. The predicted molar refractivity (Wildman–Crippen MR) is 72.5 cm³/mol. The number of nitrogens with zero attached hydrogens (tertiary/aromatic N) is 2. The van der Waals surface area contributed by atoms with Crippen LogP contribution in [0.4, 0.5) is 0 Å². The number of rotatable bonds is 6. The highest BCUT2D eigenvalue weighted by molar-refractivity contribution is 5.53. The van der Waals surface area contributed by atoms with Gasteiger partial charge < -0.3 is 15.0 Å². The third-order valence-corrected chi connectivity index (χ3v) is 2.68. The third kappa shape index (κ3) is 3.62. The van der Waals surface area contributed by atoms with Crippen molar-refractivity contribution in [2.75, 3.05) is 13.2 Å². The number of nitrogens with two attached hydrogens (primary N) is 1. The summed E-state index contributed by atoms with van der Waals surface area (Å²) in [5, 5.41) is 3.91. The van der Waals surface area contributed by atoms with Crippen molar-refractivity contribution in [3.63, 3.8) is 0 Å². The molecule has 1 aromatic heterocycles. The second-order valence-electron chi connectivity index (χ2n) is 4.51. The molecule has 0 aliphatic carbocycles. The van der Waals surface area contributed by atoms with Crippen LogP contribution in [-0.2, 0) is 4.74 Å². The summed E-state index contributed by atoms with van der Waals surface area (Å²) < 4.78 is 10.6. The highest BCUT2D eigenvalue weighted by Gasteiger charge is 2.15.